The molecule has 0 fully saturated rings. The summed E-state index contributed by atoms with van der Waals surface area (Å²) in [6.07, 6.45) is 0.816. The Kier molecular flexibility index (Phi) is 5.66. The van der Waals surface area contributed by atoms with Crippen LogP contribution in [-0.2, 0) is 6.42 Å². The molecule has 0 atom stereocenters. The number of carbonyl (C=O) groups is 2. The Morgan fingerprint density at radius 1 is 1.07 bits per heavy atom. The van der Waals surface area contributed by atoms with E-state index in [0.29, 0.717) is 22.9 Å². The maximum atomic E-state index is 12.2. The first kappa shape index (κ1) is 18.4. The SMILES string of the molecule is CC(C)Cc1cc(C(=O)Oc2ccc(NC(=O)c3ccccc3)cc2)n[nH]1. The number of amides is 1. The van der Waals surface area contributed by atoms with Crippen molar-refractivity contribution in [3.63, 3.8) is 0 Å². The second-order valence-electron chi connectivity index (χ2n) is 6.61. The number of H-pyrrole nitrogens is 1. The van der Waals surface area contributed by atoms with E-state index in [1.165, 1.54) is 0 Å². The molecule has 0 spiro atoms. The fourth-order valence-corrected chi connectivity index (χ4v) is 2.57. The second kappa shape index (κ2) is 8.31. The second-order valence-corrected chi connectivity index (χ2v) is 6.61. The summed E-state index contributed by atoms with van der Waals surface area (Å²) in [5.74, 6) is 0.121. The van der Waals surface area contributed by atoms with E-state index in [1.54, 1.807) is 54.6 Å². The van der Waals surface area contributed by atoms with Gasteiger partial charge in [0.2, 0.25) is 0 Å². The van der Waals surface area contributed by atoms with E-state index in [0.717, 1.165) is 12.1 Å². The van der Waals surface area contributed by atoms with Gasteiger partial charge >= 0.3 is 5.97 Å². The first-order valence-corrected chi connectivity index (χ1v) is 8.74. The maximum Gasteiger partial charge on any atom is 0.364 e. The quantitative estimate of drug-likeness (QED) is 0.510. The number of hydrogen-bond donors (Lipinski definition) is 2. The summed E-state index contributed by atoms with van der Waals surface area (Å²) in [5, 5.41) is 9.65. The van der Waals surface area contributed by atoms with Crippen LogP contribution in [0.1, 0.15) is 40.4 Å². The van der Waals surface area contributed by atoms with Crippen LogP contribution in [0.25, 0.3) is 0 Å². The fourth-order valence-electron chi connectivity index (χ4n) is 2.57. The van der Waals surface area contributed by atoms with Crippen LogP contribution < -0.4 is 10.1 Å². The number of carbonyl (C=O) groups excluding carboxylic acids is 2. The van der Waals surface area contributed by atoms with E-state index in [9.17, 15) is 9.59 Å². The molecule has 27 heavy (non-hydrogen) atoms. The third kappa shape index (κ3) is 5.04. The Labute approximate surface area is 157 Å². The molecule has 6 nitrogen and oxygen atoms in total. The van der Waals surface area contributed by atoms with Crippen LogP contribution in [-0.4, -0.2) is 22.1 Å². The molecule has 3 rings (SSSR count). The Morgan fingerprint density at radius 3 is 2.44 bits per heavy atom. The van der Waals surface area contributed by atoms with Crippen LogP contribution in [0.15, 0.2) is 60.7 Å². The largest absolute Gasteiger partial charge is 0.422 e. The zero-order valence-electron chi connectivity index (χ0n) is 15.2. The van der Waals surface area contributed by atoms with Crippen LogP contribution in [0, 0.1) is 5.92 Å². The van der Waals surface area contributed by atoms with Crippen LogP contribution in [0.5, 0.6) is 5.75 Å². The summed E-state index contributed by atoms with van der Waals surface area (Å²) < 4.78 is 5.33. The lowest BCUT2D eigenvalue weighted by Crippen LogP contribution is -2.12. The number of aromatic nitrogens is 2. The van der Waals surface area contributed by atoms with Crippen LogP contribution in [0.4, 0.5) is 5.69 Å². The molecular weight excluding hydrogens is 342 g/mol. The van der Waals surface area contributed by atoms with E-state index < -0.39 is 5.97 Å². The Bertz CT molecular complexity index is 915. The van der Waals surface area contributed by atoms with E-state index >= 15 is 0 Å². The van der Waals surface area contributed by atoms with Gasteiger partial charge in [-0.3, -0.25) is 9.89 Å². The van der Waals surface area contributed by atoms with Crippen molar-refractivity contribution in [3.8, 4) is 5.75 Å². The van der Waals surface area contributed by atoms with Gasteiger partial charge in [0.25, 0.3) is 5.91 Å². The highest BCUT2D eigenvalue weighted by atomic mass is 16.5. The lowest BCUT2D eigenvalue weighted by Gasteiger charge is -2.07. The summed E-state index contributed by atoms with van der Waals surface area (Å²) in [5.41, 5.74) is 2.33. The summed E-state index contributed by atoms with van der Waals surface area (Å²) >= 11 is 0. The van der Waals surface area contributed by atoms with Gasteiger partial charge in [0.1, 0.15) is 5.75 Å². The molecule has 138 valence electrons. The molecule has 3 aromatic rings. The number of hydrogen-bond acceptors (Lipinski definition) is 4. The van der Waals surface area contributed by atoms with Crippen molar-refractivity contribution in [2.24, 2.45) is 5.92 Å². The van der Waals surface area contributed by atoms with Crippen LogP contribution >= 0.6 is 0 Å². The first-order chi connectivity index (χ1) is 13.0. The van der Waals surface area contributed by atoms with E-state index in [2.05, 4.69) is 29.4 Å². The van der Waals surface area contributed by atoms with Crippen molar-refractivity contribution in [2.75, 3.05) is 5.32 Å². The first-order valence-electron chi connectivity index (χ1n) is 8.74. The molecule has 1 aromatic heterocycles. The molecule has 0 aliphatic rings. The standard InChI is InChI=1S/C21H21N3O3/c1-14(2)12-17-13-19(24-23-17)21(26)27-18-10-8-16(9-11-18)22-20(25)15-6-4-3-5-7-15/h3-11,13-14H,12H2,1-2H3,(H,22,25)(H,23,24). The number of aromatic amines is 1. The van der Waals surface area contributed by atoms with Crippen molar-refractivity contribution >= 4 is 17.6 Å². The number of nitrogens with one attached hydrogen (secondary N) is 2. The summed E-state index contributed by atoms with van der Waals surface area (Å²) in [4.78, 5) is 24.3. The average Bonchev–Trinajstić information content (AvgIpc) is 3.12. The van der Waals surface area contributed by atoms with Crippen molar-refractivity contribution in [1.29, 1.82) is 0 Å². The van der Waals surface area contributed by atoms with E-state index in [-0.39, 0.29) is 11.6 Å². The number of esters is 1. The number of benzene rings is 2. The topological polar surface area (TPSA) is 84.1 Å². The summed E-state index contributed by atoms with van der Waals surface area (Å²) in [6, 6.07) is 17.3. The molecule has 0 saturated heterocycles. The highest BCUT2D eigenvalue weighted by molar-refractivity contribution is 6.04. The lowest BCUT2D eigenvalue weighted by molar-refractivity contribution is 0.0728. The van der Waals surface area contributed by atoms with Gasteiger partial charge in [0.05, 0.1) is 0 Å². The van der Waals surface area contributed by atoms with Gasteiger partial charge in [-0.15, -0.1) is 0 Å². The van der Waals surface area contributed by atoms with Crippen LogP contribution in [0.3, 0.4) is 0 Å². The normalized spacial score (nSPS) is 10.6. The Balaban J connectivity index is 1.59. The van der Waals surface area contributed by atoms with Gasteiger partial charge in [-0.1, -0.05) is 32.0 Å². The maximum absolute atomic E-state index is 12.2. The zero-order valence-corrected chi connectivity index (χ0v) is 15.2. The highest BCUT2D eigenvalue weighted by Crippen LogP contribution is 2.18. The van der Waals surface area contributed by atoms with Gasteiger partial charge in [-0.25, -0.2) is 4.79 Å². The predicted molar refractivity (Wildman–Crippen MR) is 103 cm³/mol. The smallest absolute Gasteiger partial charge is 0.364 e. The fraction of sp³-hybridized carbons (Fsp3) is 0.190. The molecule has 1 heterocycles. The lowest BCUT2D eigenvalue weighted by atomic mass is 10.1. The number of anilines is 1. The molecule has 6 heteroatoms. The number of nitrogens with zero attached hydrogens (tertiary/aromatic N) is 1. The predicted octanol–water partition coefficient (Wildman–Crippen LogP) is 4.08. The third-order valence-electron chi connectivity index (χ3n) is 3.83. The van der Waals surface area contributed by atoms with Crippen molar-refractivity contribution in [3.05, 3.63) is 77.6 Å². The van der Waals surface area contributed by atoms with Crippen molar-refractivity contribution in [2.45, 2.75) is 20.3 Å². The highest BCUT2D eigenvalue weighted by Gasteiger charge is 2.14. The van der Waals surface area contributed by atoms with Crippen molar-refractivity contribution < 1.29 is 14.3 Å². The summed E-state index contributed by atoms with van der Waals surface area (Å²) in [6.45, 7) is 4.19. The monoisotopic (exact) mass is 363 g/mol. The third-order valence-corrected chi connectivity index (χ3v) is 3.83. The van der Waals surface area contributed by atoms with Crippen molar-refractivity contribution in [1.82, 2.24) is 10.2 Å². The molecule has 2 aromatic carbocycles. The molecule has 0 unspecified atom stereocenters. The molecule has 2 N–H and O–H groups in total. The van der Waals surface area contributed by atoms with Gasteiger partial charge < -0.3 is 10.1 Å². The zero-order chi connectivity index (χ0) is 19.2. The average molecular weight is 363 g/mol. The molecule has 1 amide bonds. The van der Waals surface area contributed by atoms with Gasteiger partial charge in [0.15, 0.2) is 5.69 Å². The minimum Gasteiger partial charge on any atom is -0.422 e. The number of rotatable bonds is 6. The van der Waals surface area contributed by atoms with Crippen LogP contribution in [0.2, 0.25) is 0 Å². The minimum absolute atomic E-state index is 0.199. The molecular formula is C21H21N3O3. The summed E-state index contributed by atoms with van der Waals surface area (Å²) in [7, 11) is 0. The molecule has 0 aliphatic heterocycles. The van der Waals surface area contributed by atoms with E-state index in [4.69, 9.17) is 4.74 Å². The van der Waals surface area contributed by atoms with E-state index in [1.807, 2.05) is 6.07 Å². The van der Waals surface area contributed by atoms with Gasteiger partial charge in [0, 0.05) is 16.9 Å². The molecule has 0 radical (unpaired) electrons. The Hall–Kier alpha value is -3.41. The Morgan fingerprint density at radius 2 is 1.78 bits per heavy atom. The van der Waals surface area contributed by atoms with Gasteiger partial charge in [-0.2, -0.15) is 5.10 Å². The van der Waals surface area contributed by atoms with Gasteiger partial charge in [-0.05, 0) is 54.8 Å². The molecule has 0 aliphatic carbocycles. The molecule has 0 saturated carbocycles. The minimum atomic E-state index is -0.526. The number of ether oxygens (including phenoxy) is 1. The molecule has 0 bridgehead atoms.